The van der Waals surface area contributed by atoms with Gasteiger partial charge >= 0.3 is 0 Å². The molecule has 0 spiro atoms. The van der Waals surface area contributed by atoms with Crippen molar-refractivity contribution in [3.8, 4) is 0 Å². The highest BCUT2D eigenvalue weighted by Crippen LogP contribution is 2.27. The molecule has 2 aromatic rings. The van der Waals surface area contributed by atoms with Crippen LogP contribution in [-0.4, -0.2) is 0 Å². The Bertz CT molecular complexity index is 599. The molecule has 2 rings (SSSR count). The van der Waals surface area contributed by atoms with Crippen molar-refractivity contribution < 1.29 is 8.78 Å². The summed E-state index contributed by atoms with van der Waals surface area (Å²) in [5, 5.41) is 3.62. The number of nitrogens with one attached hydrogen (secondary N) is 1. The van der Waals surface area contributed by atoms with Crippen molar-refractivity contribution in [1.82, 2.24) is 0 Å². The van der Waals surface area contributed by atoms with Gasteiger partial charge in [-0.05, 0) is 43.7 Å². The maximum atomic E-state index is 13.8. The standard InChI is InChI=1S/C15H14ClF2N/c1-9-7-14(18)11(8-13(9)17)10(2)19-15-6-4-3-5-12(15)16/h3-8,10,19H,1-2H3. The molecular formula is C15H14ClF2N. The number of benzene rings is 2. The minimum atomic E-state index is -0.425. The molecule has 1 atom stereocenters. The third-order valence-electron chi connectivity index (χ3n) is 2.99. The van der Waals surface area contributed by atoms with Gasteiger partial charge in [-0.3, -0.25) is 0 Å². The molecule has 0 saturated carbocycles. The Morgan fingerprint density at radius 3 is 2.47 bits per heavy atom. The topological polar surface area (TPSA) is 12.0 Å². The van der Waals surface area contributed by atoms with Crippen LogP contribution in [0.25, 0.3) is 0 Å². The molecule has 0 amide bonds. The maximum Gasteiger partial charge on any atom is 0.128 e. The average Bonchev–Trinajstić information content (AvgIpc) is 2.36. The first-order valence-corrected chi connectivity index (χ1v) is 6.33. The van der Waals surface area contributed by atoms with Crippen LogP contribution in [0.4, 0.5) is 14.5 Å². The van der Waals surface area contributed by atoms with Gasteiger partial charge in [0, 0.05) is 5.56 Å². The molecule has 0 radical (unpaired) electrons. The number of halogens is 3. The Morgan fingerprint density at radius 1 is 1.11 bits per heavy atom. The zero-order valence-corrected chi connectivity index (χ0v) is 11.4. The highest BCUT2D eigenvalue weighted by molar-refractivity contribution is 6.33. The SMILES string of the molecule is Cc1cc(F)c(C(C)Nc2ccccc2Cl)cc1F. The molecule has 19 heavy (non-hydrogen) atoms. The lowest BCUT2D eigenvalue weighted by molar-refractivity contribution is 0.571. The summed E-state index contributed by atoms with van der Waals surface area (Å²) in [6.45, 7) is 3.30. The van der Waals surface area contributed by atoms with E-state index < -0.39 is 11.6 Å². The monoisotopic (exact) mass is 281 g/mol. The van der Waals surface area contributed by atoms with E-state index in [1.807, 2.05) is 12.1 Å². The van der Waals surface area contributed by atoms with E-state index in [0.717, 1.165) is 0 Å². The summed E-state index contributed by atoms with van der Waals surface area (Å²) in [6.07, 6.45) is 0. The molecule has 1 unspecified atom stereocenters. The van der Waals surface area contributed by atoms with Crippen molar-refractivity contribution in [3.63, 3.8) is 0 Å². The summed E-state index contributed by atoms with van der Waals surface area (Å²) in [5.41, 5.74) is 1.27. The summed E-state index contributed by atoms with van der Waals surface area (Å²) in [7, 11) is 0. The summed E-state index contributed by atoms with van der Waals surface area (Å²) >= 11 is 6.02. The predicted octanol–water partition coefficient (Wildman–Crippen LogP) is 5.10. The van der Waals surface area contributed by atoms with Crippen LogP contribution in [0.1, 0.15) is 24.1 Å². The molecule has 1 N–H and O–H groups in total. The normalized spacial score (nSPS) is 12.3. The van der Waals surface area contributed by atoms with E-state index in [1.54, 1.807) is 19.1 Å². The predicted molar refractivity (Wildman–Crippen MR) is 74.6 cm³/mol. The first-order chi connectivity index (χ1) is 8.99. The van der Waals surface area contributed by atoms with Gasteiger partial charge in [0.05, 0.1) is 16.8 Å². The van der Waals surface area contributed by atoms with Gasteiger partial charge in [-0.2, -0.15) is 0 Å². The van der Waals surface area contributed by atoms with Crippen LogP contribution in [0.5, 0.6) is 0 Å². The van der Waals surface area contributed by atoms with Crippen molar-refractivity contribution in [2.75, 3.05) is 5.32 Å². The average molecular weight is 282 g/mol. The van der Waals surface area contributed by atoms with Crippen molar-refractivity contribution >= 4 is 17.3 Å². The molecule has 100 valence electrons. The van der Waals surface area contributed by atoms with Gasteiger partial charge in [0.1, 0.15) is 11.6 Å². The van der Waals surface area contributed by atoms with Crippen LogP contribution in [0, 0.1) is 18.6 Å². The van der Waals surface area contributed by atoms with Crippen molar-refractivity contribution in [3.05, 3.63) is 64.2 Å². The number of hydrogen-bond acceptors (Lipinski definition) is 1. The van der Waals surface area contributed by atoms with Gasteiger partial charge in [-0.25, -0.2) is 8.78 Å². The van der Waals surface area contributed by atoms with Crippen LogP contribution in [0.15, 0.2) is 36.4 Å². The zero-order valence-electron chi connectivity index (χ0n) is 10.7. The highest BCUT2D eigenvalue weighted by atomic mass is 35.5. The Morgan fingerprint density at radius 2 is 1.79 bits per heavy atom. The minimum Gasteiger partial charge on any atom is -0.377 e. The van der Waals surface area contributed by atoms with Gasteiger partial charge in [0.2, 0.25) is 0 Å². The number of para-hydroxylation sites is 1. The molecule has 2 aromatic carbocycles. The summed E-state index contributed by atoms with van der Waals surface area (Å²) < 4.78 is 27.4. The Hall–Kier alpha value is -1.61. The lowest BCUT2D eigenvalue weighted by Crippen LogP contribution is -2.10. The quantitative estimate of drug-likeness (QED) is 0.825. The van der Waals surface area contributed by atoms with Gasteiger partial charge in [-0.1, -0.05) is 23.7 Å². The molecule has 1 nitrogen and oxygen atoms in total. The third kappa shape index (κ3) is 3.04. The molecule has 0 aliphatic carbocycles. The van der Waals surface area contributed by atoms with Crippen molar-refractivity contribution in [1.29, 1.82) is 0 Å². The van der Waals surface area contributed by atoms with Crippen molar-refractivity contribution in [2.45, 2.75) is 19.9 Å². The van der Waals surface area contributed by atoms with E-state index in [4.69, 9.17) is 11.6 Å². The van der Waals surface area contributed by atoms with Gasteiger partial charge in [0.25, 0.3) is 0 Å². The fourth-order valence-corrected chi connectivity index (χ4v) is 2.07. The van der Waals surface area contributed by atoms with Gasteiger partial charge in [0.15, 0.2) is 0 Å². The largest absolute Gasteiger partial charge is 0.377 e. The lowest BCUT2D eigenvalue weighted by atomic mass is 10.0. The molecule has 0 aliphatic rings. The third-order valence-corrected chi connectivity index (χ3v) is 3.32. The second-order valence-electron chi connectivity index (χ2n) is 4.47. The van der Waals surface area contributed by atoms with E-state index in [2.05, 4.69) is 5.32 Å². The summed E-state index contributed by atoms with van der Waals surface area (Å²) in [5.74, 6) is -0.838. The second-order valence-corrected chi connectivity index (χ2v) is 4.88. The van der Waals surface area contributed by atoms with E-state index in [-0.39, 0.29) is 11.6 Å². The van der Waals surface area contributed by atoms with Gasteiger partial charge < -0.3 is 5.32 Å². The number of rotatable bonds is 3. The first kappa shape index (κ1) is 13.8. The molecule has 0 fully saturated rings. The number of anilines is 1. The molecule has 0 saturated heterocycles. The Kier molecular flexibility index (Phi) is 4.05. The highest BCUT2D eigenvalue weighted by Gasteiger charge is 2.14. The number of hydrogen-bond donors (Lipinski definition) is 1. The minimum absolute atomic E-state index is 0.281. The Balaban J connectivity index is 2.28. The molecule has 4 heteroatoms. The first-order valence-electron chi connectivity index (χ1n) is 5.95. The van der Waals surface area contributed by atoms with Crippen LogP contribution >= 0.6 is 11.6 Å². The molecule has 0 bridgehead atoms. The van der Waals surface area contributed by atoms with E-state index in [9.17, 15) is 8.78 Å². The fourth-order valence-electron chi connectivity index (χ4n) is 1.88. The summed E-state index contributed by atoms with van der Waals surface area (Å²) in [6, 6.07) is 9.21. The van der Waals surface area contributed by atoms with E-state index in [1.165, 1.54) is 19.1 Å². The smallest absolute Gasteiger partial charge is 0.128 e. The Labute approximate surface area is 116 Å². The van der Waals surface area contributed by atoms with Crippen LogP contribution < -0.4 is 5.32 Å². The van der Waals surface area contributed by atoms with Crippen LogP contribution in [0.3, 0.4) is 0 Å². The lowest BCUT2D eigenvalue weighted by Gasteiger charge is -2.18. The van der Waals surface area contributed by atoms with Crippen LogP contribution in [0.2, 0.25) is 5.02 Å². The summed E-state index contributed by atoms with van der Waals surface area (Å²) in [4.78, 5) is 0. The molecule has 0 aromatic heterocycles. The van der Waals surface area contributed by atoms with Crippen LogP contribution in [-0.2, 0) is 0 Å². The number of aryl methyl sites for hydroxylation is 1. The molecule has 0 aliphatic heterocycles. The molecule has 0 heterocycles. The fraction of sp³-hybridized carbons (Fsp3) is 0.200. The van der Waals surface area contributed by atoms with E-state index >= 15 is 0 Å². The second kappa shape index (κ2) is 5.57. The maximum absolute atomic E-state index is 13.8. The zero-order chi connectivity index (χ0) is 14.0. The van der Waals surface area contributed by atoms with Gasteiger partial charge in [-0.15, -0.1) is 0 Å². The van der Waals surface area contributed by atoms with E-state index in [0.29, 0.717) is 16.3 Å². The molecular weight excluding hydrogens is 268 g/mol. The van der Waals surface area contributed by atoms with Crippen molar-refractivity contribution in [2.24, 2.45) is 0 Å².